The van der Waals surface area contributed by atoms with Crippen LogP contribution in [0.4, 0.5) is 0 Å². The zero-order valence-electron chi connectivity index (χ0n) is 13.7. The van der Waals surface area contributed by atoms with E-state index in [9.17, 15) is 4.79 Å². The van der Waals surface area contributed by atoms with Crippen LogP contribution >= 0.6 is 0 Å². The third kappa shape index (κ3) is 2.87. The molecule has 2 aliphatic rings. The maximum Gasteiger partial charge on any atom is 0.269 e. The first-order valence-corrected chi connectivity index (χ1v) is 8.56. The lowest BCUT2D eigenvalue weighted by molar-refractivity contribution is 0.0994. The highest BCUT2D eigenvalue weighted by molar-refractivity contribution is 5.91. The Hall–Kier alpha value is -2.40. The van der Waals surface area contributed by atoms with Gasteiger partial charge < -0.3 is 5.73 Å². The van der Waals surface area contributed by atoms with Gasteiger partial charge in [-0.05, 0) is 36.5 Å². The van der Waals surface area contributed by atoms with E-state index in [0.29, 0.717) is 5.69 Å². The van der Waals surface area contributed by atoms with E-state index >= 15 is 0 Å². The number of amides is 1. The summed E-state index contributed by atoms with van der Waals surface area (Å²) in [6.45, 7) is 3.81. The van der Waals surface area contributed by atoms with Crippen molar-refractivity contribution in [1.29, 1.82) is 0 Å². The van der Waals surface area contributed by atoms with E-state index in [4.69, 9.17) is 5.73 Å². The van der Waals surface area contributed by atoms with Crippen molar-refractivity contribution in [2.24, 2.45) is 5.73 Å². The van der Waals surface area contributed by atoms with Gasteiger partial charge in [0.25, 0.3) is 5.91 Å². The van der Waals surface area contributed by atoms with E-state index in [0.717, 1.165) is 51.1 Å². The standard InChI is InChI=1S/C19H22N4O/c20-19(24)17-11-18-16-13-22(12-14-5-2-1-3-6-14)10-8-15(16)7-4-9-23(18)21-17/h1-3,5-6,11H,4,7-10,12-13H2,(H2,20,24). The fourth-order valence-corrected chi connectivity index (χ4v) is 3.77. The highest BCUT2D eigenvalue weighted by atomic mass is 16.1. The highest BCUT2D eigenvalue weighted by Crippen LogP contribution is 2.33. The predicted molar refractivity (Wildman–Crippen MR) is 93.2 cm³/mol. The number of aromatic nitrogens is 2. The topological polar surface area (TPSA) is 64.2 Å². The van der Waals surface area contributed by atoms with E-state index in [1.807, 2.05) is 10.7 Å². The Morgan fingerprint density at radius 3 is 2.79 bits per heavy atom. The van der Waals surface area contributed by atoms with Crippen molar-refractivity contribution in [1.82, 2.24) is 14.7 Å². The lowest BCUT2D eigenvalue weighted by atomic mass is 9.94. The minimum atomic E-state index is -0.449. The average Bonchev–Trinajstić information content (AvgIpc) is 2.94. The van der Waals surface area contributed by atoms with Gasteiger partial charge in [-0.15, -0.1) is 0 Å². The number of hydrogen-bond acceptors (Lipinski definition) is 3. The first-order chi connectivity index (χ1) is 11.7. The molecular formula is C19H22N4O. The number of hydrogen-bond donors (Lipinski definition) is 1. The molecular weight excluding hydrogens is 300 g/mol. The lowest BCUT2D eigenvalue weighted by Crippen LogP contribution is -2.31. The minimum absolute atomic E-state index is 0.374. The second kappa shape index (κ2) is 6.24. The van der Waals surface area contributed by atoms with Gasteiger partial charge >= 0.3 is 0 Å². The fraction of sp³-hybridized carbons (Fsp3) is 0.368. The molecule has 124 valence electrons. The van der Waals surface area contributed by atoms with E-state index in [2.05, 4.69) is 40.3 Å². The normalized spacial score (nSPS) is 18.0. The summed E-state index contributed by atoms with van der Waals surface area (Å²) in [5.74, 6) is -0.449. The second-order valence-corrected chi connectivity index (χ2v) is 6.63. The summed E-state index contributed by atoms with van der Waals surface area (Å²) < 4.78 is 1.97. The van der Waals surface area contributed by atoms with Crippen molar-refractivity contribution in [2.45, 2.75) is 32.4 Å². The summed E-state index contributed by atoms with van der Waals surface area (Å²) in [6.07, 6.45) is 3.30. The molecule has 0 aliphatic carbocycles. The number of fused-ring (bicyclic) bond motifs is 2. The first-order valence-electron chi connectivity index (χ1n) is 8.56. The summed E-state index contributed by atoms with van der Waals surface area (Å²) in [5, 5.41) is 4.40. The molecule has 0 saturated heterocycles. The Kier molecular flexibility index (Phi) is 3.94. The predicted octanol–water partition coefficient (Wildman–Crippen LogP) is 2.44. The summed E-state index contributed by atoms with van der Waals surface area (Å²) in [5.41, 5.74) is 11.1. The molecule has 2 N–H and O–H groups in total. The molecule has 0 saturated carbocycles. The molecule has 1 amide bonds. The first kappa shape index (κ1) is 15.1. The molecule has 0 atom stereocenters. The van der Waals surface area contributed by atoms with Crippen LogP contribution in [-0.4, -0.2) is 33.7 Å². The molecule has 2 aliphatic heterocycles. The third-order valence-electron chi connectivity index (χ3n) is 4.98. The molecule has 1 aromatic heterocycles. The van der Waals surface area contributed by atoms with Gasteiger partial charge in [-0.3, -0.25) is 14.4 Å². The minimum Gasteiger partial charge on any atom is -0.364 e. The van der Waals surface area contributed by atoms with Crippen LogP contribution in [0.15, 0.2) is 42.0 Å². The Morgan fingerprint density at radius 1 is 1.17 bits per heavy atom. The number of nitrogens with zero attached hydrogens (tertiary/aromatic N) is 3. The van der Waals surface area contributed by atoms with Crippen LogP contribution < -0.4 is 5.73 Å². The molecule has 3 heterocycles. The number of primary amides is 1. The summed E-state index contributed by atoms with van der Waals surface area (Å²) in [7, 11) is 0. The van der Waals surface area contributed by atoms with E-state index in [-0.39, 0.29) is 0 Å². The molecule has 24 heavy (non-hydrogen) atoms. The zero-order chi connectivity index (χ0) is 16.5. The fourth-order valence-electron chi connectivity index (χ4n) is 3.77. The van der Waals surface area contributed by atoms with Crippen molar-refractivity contribution >= 4 is 11.5 Å². The summed E-state index contributed by atoms with van der Waals surface area (Å²) in [4.78, 5) is 14.0. The maximum absolute atomic E-state index is 11.5. The van der Waals surface area contributed by atoms with Crippen molar-refractivity contribution in [3.63, 3.8) is 0 Å². The maximum atomic E-state index is 11.5. The Bertz CT molecular complexity index is 791. The Morgan fingerprint density at radius 2 is 2.00 bits per heavy atom. The average molecular weight is 322 g/mol. The molecule has 5 nitrogen and oxygen atoms in total. The van der Waals surface area contributed by atoms with Crippen molar-refractivity contribution in [2.75, 3.05) is 13.1 Å². The number of aryl methyl sites for hydroxylation is 1. The number of carbonyl (C=O) groups excluding carboxylic acids is 1. The summed E-state index contributed by atoms with van der Waals surface area (Å²) >= 11 is 0. The molecule has 0 radical (unpaired) electrons. The second-order valence-electron chi connectivity index (χ2n) is 6.63. The van der Waals surface area contributed by atoms with Crippen molar-refractivity contribution in [3.8, 4) is 0 Å². The number of rotatable bonds is 3. The van der Waals surface area contributed by atoms with Crippen LogP contribution in [0.25, 0.3) is 5.57 Å². The summed E-state index contributed by atoms with van der Waals surface area (Å²) in [6, 6.07) is 12.4. The van der Waals surface area contributed by atoms with E-state index in [1.54, 1.807) is 0 Å². The number of carbonyl (C=O) groups is 1. The van der Waals surface area contributed by atoms with E-state index < -0.39 is 5.91 Å². The highest BCUT2D eigenvalue weighted by Gasteiger charge is 2.26. The SMILES string of the molecule is NC(=O)c1cc2n(n1)CCCC1=C2CN(Cc2ccccc2)CC1. The molecule has 0 unspecified atom stereocenters. The van der Waals surface area contributed by atoms with Crippen LogP contribution in [0.5, 0.6) is 0 Å². The molecule has 4 rings (SSSR count). The number of benzene rings is 1. The molecule has 0 bridgehead atoms. The number of nitrogens with two attached hydrogens (primary N) is 1. The quantitative estimate of drug-likeness (QED) is 0.944. The van der Waals surface area contributed by atoms with Gasteiger partial charge in [0.05, 0.1) is 5.69 Å². The Labute approximate surface area is 141 Å². The largest absolute Gasteiger partial charge is 0.364 e. The van der Waals surface area contributed by atoms with Gasteiger partial charge in [-0.25, -0.2) is 0 Å². The van der Waals surface area contributed by atoms with Crippen LogP contribution in [0.3, 0.4) is 0 Å². The van der Waals surface area contributed by atoms with Gasteiger partial charge in [-0.2, -0.15) is 5.10 Å². The van der Waals surface area contributed by atoms with Gasteiger partial charge in [0.1, 0.15) is 0 Å². The smallest absolute Gasteiger partial charge is 0.269 e. The van der Waals surface area contributed by atoms with Crippen LogP contribution in [0.2, 0.25) is 0 Å². The molecule has 1 aromatic carbocycles. The van der Waals surface area contributed by atoms with Gasteiger partial charge in [-0.1, -0.05) is 35.9 Å². The van der Waals surface area contributed by atoms with Crippen LogP contribution in [0, 0.1) is 0 Å². The van der Waals surface area contributed by atoms with Gasteiger partial charge in [0, 0.05) is 26.2 Å². The molecule has 5 heteroatoms. The molecule has 0 spiro atoms. The van der Waals surface area contributed by atoms with Crippen LogP contribution in [0.1, 0.15) is 41.0 Å². The molecule has 2 aromatic rings. The monoisotopic (exact) mass is 322 g/mol. The van der Waals surface area contributed by atoms with E-state index in [1.165, 1.54) is 16.7 Å². The zero-order valence-corrected chi connectivity index (χ0v) is 13.7. The van der Waals surface area contributed by atoms with Crippen molar-refractivity contribution in [3.05, 3.63) is 58.9 Å². The lowest BCUT2D eigenvalue weighted by Gasteiger charge is -2.30. The van der Waals surface area contributed by atoms with Crippen molar-refractivity contribution < 1.29 is 4.79 Å². The van der Waals surface area contributed by atoms with Gasteiger partial charge in [0.2, 0.25) is 0 Å². The molecule has 0 fully saturated rings. The third-order valence-corrected chi connectivity index (χ3v) is 4.98. The van der Waals surface area contributed by atoms with Gasteiger partial charge in [0.15, 0.2) is 5.69 Å². The Balaban J connectivity index is 1.62. The van der Waals surface area contributed by atoms with Crippen LogP contribution in [-0.2, 0) is 13.1 Å².